The maximum absolute atomic E-state index is 12.6. The van der Waals surface area contributed by atoms with Gasteiger partial charge in [0.05, 0.1) is 5.56 Å². The van der Waals surface area contributed by atoms with Crippen LogP contribution in [0.1, 0.15) is 31.9 Å². The van der Waals surface area contributed by atoms with Gasteiger partial charge in [-0.25, -0.2) is 4.79 Å². The van der Waals surface area contributed by atoms with Crippen LogP contribution in [0.25, 0.3) is 0 Å². The zero-order chi connectivity index (χ0) is 14.8. The van der Waals surface area contributed by atoms with E-state index >= 15 is 0 Å². The lowest BCUT2D eigenvalue weighted by Crippen LogP contribution is -2.26. The summed E-state index contributed by atoms with van der Waals surface area (Å²) in [6.07, 6.45) is -4.43. The number of hydrogen-bond acceptors (Lipinski definition) is 2. The van der Waals surface area contributed by atoms with Crippen molar-refractivity contribution < 1.29 is 22.7 Å². The second kappa shape index (κ2) is 5.07. The van der Waals surface area contributed by atoms with Gasteiger partial charge in [0, 0.05) is 5.57 Å². The summed E-state index contributed by atoms with van der Waals surface area (Å²) in [5, 5.41) is 0. The van der Waals surface area contributed by atoms with Gasteiger partial charge in [0.25, 0.3) is 0 Å². The van der Waals surface area contributed by atoms with Crippen LogP contribution < -0.4 is 0 Å². The number of carbonyl (C=O) groups is 1. The smallest absolute Gasteiger partial charge is 0.416 e. The number of carbonyl (C=O) groups excluding carboxylic acids is 1. The van der Waals surface area contributed by atoms with Crippen molar-refractivity contribution in [2.45, 2.75) is 32.5 Å². The topological polar surface area (TPSA) is 26.3 Å². The molecule has 0 aromatic heterocycles. The van der Waals surface area contributed by atoms with Crippen LogP contribution in [-0.2, 0) is 21.3 Å². The van der Waals surface area contributed by atoms with Gasteiger partial charge in [-0.3, -0.25) is 0 Å². The number of rotatable bonds is 3. The van der Waals surface area contributed by atoms with Crippen LogP contribution >= 0.6 is 0 Å². The lowest BCUT2D eigenvalue weighted by atomic mass is 9.96. The Morgan fingerprint density at radius 1 is 1.21 bits per heavy atom. The van der Waals surface area contributed by atoms with Crippen molar-refractivity contribution in [3.8, 4) is 0 Å². The number of ether oxygens (including phenoxy) is 1. The molecule has 0 fully saturated rings. The fourth-order valence-corrected chi connectivity index (χ4v) is 1.45. The minimum absolute atomic E-state index is 0.194. The van der Waals surface area contributed by atoms with Crippen molar-refractivity contribution in [3.05, 3.63) is 47.5 Å². The van der Waals surface area contributed by atoms with Crippen molar-refractivity contribution in [3.63, 3.8) is 0 Å². The summed E-state index contributed by atoms with van der Waals surface area (Å²) in [5.41, 5.74) is -1.46. The van der Waals surface area contributed by atoms with Gasteiger partial charge >= 0.3 is 12.1 Å². The van der Waals surface area contributed by atoms with Crippen LogP contribution in [-0.4, -0.2) is 5.97 Å². The molecule has 0 saturated heterocycles. The van der Waals surface area contributed by atoms with Crippen LogP contribution in [0.5, 0.6) is 0 Å². The standard InChI is InChI=1S/C14H15F3O2/c1-9(2)12(18)19-13(3,4)10-6-5-7-11(8-10)14(15,16)17/h5-8H,1H2,2-4H3. The van der Waals surface area contributed by atoms with Gasteiger partial charge < -0.3 is 4.74 Å². The largest absolute Gasteiger partial charge is 0.451 e. The molecule has 0 radical (unpaired) electrons. The zero-order valence-corrected chi connectivity index (χ0v) is 11.0. The average molecular weight is 272 g/mol. The number of benzene rings is 1. The number of halogens is 3. The quantitative estimate of drug-likeness (QED) is 0.612. The van der Waals surface area contributed by atoms with Crippen molar-refractivity contribution in [2.24, 2.45) is 0 Å². The maximum Gasteiger partial charge on any atom is 0.416 e. The lowest BCUT2D eigenvalue weighted by molar-refractivity contribution is -0.152. The Morgan fingerprint density at radius 3 is 2.21 bits per heavy atom. The summed E-state index contributed by atoms with van der Waals surface area (Å²) in [6.45, 7) is 7.97. The molecule has 19 heavy (non-hydrogen) atoms. The van der Waals surface area contributed by atoms with Gasteiger partial charge in [-0.15, -0.1) is 0 Å². The predicted octanol–water partition coefficient (Wildman–Crippen LogP) is 4.06. The number of alkyl halides is 3. The molecule has 0 aliphatic carbocycles. The predicted molar refractivity (Wildman–Crippen MR) is 65.4 cm³/mol. The average Bonchev–Trinajstić information content (AvgIpc) is 2.27. The highest BCUT2D eigenvalue weighted by Crippen LogP contribution is 2.33. The number of hydrogen-bond donors (Lipinski definition) is 0. The van der Waals surface area contributed by atoms with Crippen LogP contribution in [0.15, 0.2) is 36.4 Å². The highest BCUT2D eigenvalue weighted by Gasteiger charge is 2.33. The Labute approximate surface area is 109 Å². The molecule has 5 heteroatoms. The number of esters is 1. The Balaban J connectivity index is 3.08. The Morgan fingerprint density at radius 2 is 1.74 bits per heavy atom. The fourth-order valence-electron chi connectivity index (χ4n) is 1.45. The second-order valence-corrected chi connectivity index (χ2v) is 4.76. The lowest BCUT2D eigenvalue weighted by Gasteiger charge is -2.26. The molecule has 0 amide bonds. The summed E-state index contributed by atoms with van der Waals surface area (Å²) in [6, 6.07) is 4.72. The first-order chi connectivity index (χ1) is 8.54. The van der Waals surface area contributed by atoms with E-state index in [1.807, 2.05) is 0 Å². The third-order valence-corrected chi connectivity index (χ3v) is 2.58. The van der Waals surface area contributed by atoms with Gasteiger partial charge in [0.2, 0.25) is 0 Å². The van der Waals surface area contributed by atoms with E-state index in [0.29, 0.717) is 0 Å². The maximum atomic E-state index is 12.6. The minimum atomic E-state index is -4.43. The van der Waals surface area contributed by atoms with Crippen molar-refractivity contribution in [1.82, 2.24) is 0 Å². The van der Waals surface area contributed by atoms with E-state index in [9.17, 15) is 18.0 Å². The SMILES string of the molecule is C=C(C)C(=O)OC(C)(C)c1cccc(C(F)(F)F)c1. The molecule has 0 unspecified atom stereocenters. The highest BCUT2D eigenvalue weighted by atomic mass is 19.4. The molecule has 0 saturated carbocycles. The van der Waals surface area contributed by atoms with E-state index in [1.54, 1.807) is 0 Å². The molecule has 1 rings (SSSR count). The van der Waals surface area contributed by atoms with Gasteiger partial charge in [-0.05, 0) is 38.5 Å². The first kappa shape index (κ1) is 15.3. The van der Waals surface area contributed by atoms with Crippen LogP contribution in [0.4, 0.5) is 13.2 Å². The molecular formula is C14H15F3O2. The molecule has 1 aromatic carbocycles. The van der Waals surface area contributed by atoms with Crippen molar-refractivity contribution >= 4 is 5.97 Å². The van der Waals surface area contributed by atoms with Gasteiger partial charge in [-0.2, -0.15) is 13.2 Å². The van der Waals surface area contributed by atoms with E-state index in [2.05, 4.69) is 6.58 Å². The molecule has 2 nitrogen and oxygen atoms in total. The summed E-state index contributed by atoms with van der Waals surface area (Å²) in [4.78, 5) is 11.5. The van der Waals surface area contributed by atoms with Crippen LogP contribution in [0, 0.1) is 0 Å². The molecule has 0 atom stereocenters. The van der Waals surface area contributed by atoms with Gasteiger partial charge in [-0.1, -0.05) is 18.7 Å². The fraction of sp³-hybridized carbons (Fsp3) is 0.357. The summed E-state index contributed by atoms with van der Waals surface area (Å²) < 4.78 is 43.0. The minimum Gasteiger partial charge on any atom is -0.451 e. The first-order valence-corrected chi connectivity index (χ1v) is 5.60. The zero-order valence-electron chi connectivity index (χ0n) is 11.0. The van der Waals surface area contributed by atoms with E-state index in [4.69, 9.17) is 4.74 Å². The van der Waals surface area contributed by atoms with E-state index in [0.717, 1.165) is 12.1 Å². The summed E-state index contributed by atoms with van der Waals surface area (Å²) in [7, 11) is 0. The third kappa shape index (κ3) is 3.84. The monoisotopic (exact) mass is 272 g/mol. The Kier molecular flexibility index (Phi) is 4.08. The van der Waals surface area contributed by atoms with Gasteiger partial charge in [0.1, 0.15) is 5.60 Å². The van der Waals surface area contributed by atoms with E-state index in [-0.39, 0.29) is 11.1 Å². The Bertz CT molecular complexity index is 502. The molecule has 0 bridgehead atoms. The highest BCUT2D eigenvalue weighted by molar-refractivity contribution is 5.87. The molecule has 0 N–H and O–H groups in total. The molecule has 1 aromatic rings. The Hall–Kier alpha value is -1.78. The molecular weight excluding hydrogens is 257 g/mol. The van der Waals surface area contributed by atoms with Crippen LogP contribution in [0.2, 0.25) is 0 Å². The normalized spacial score (nSPS) is 12.1. The molecule has 0 aliphatic rings. The van der Waals surface area contributed by atoms with Gasteiger partial charge in [0.15, 0.2) is 0 Å². The van der Waals surface area contributed by atoms with Crippen LogP contribution in [0.3, 0.4) is 0 Å². The van der Waals surface area contributed by atoms with E-state index in [1.165, 1.54) is 32.9 Å². The first-order valence-electron chi connectivity index (χ1n) is 5.60. The van der Waals surface area contributed by atoms with E-state index < -0.39 is 23.3 Å². The molecule has 104 valence electrons. The van der Waals surface area contributed by atoms with Crippen molar-refractivity contribution in [1.29, 1.82) is 0 Å². The molecule has 0 spiro atoms. The summed E-state index contributed by atoms with van der Waals surface area (Å²) in [5.74, 6) is -0.637. The third-order valence-electron chi connectivity index (χ3n) is 2.58. The summed E-state index contributed by atoms with van der Waals surface area (Å²) >= 11 is 0. The molecule has 0 heterocycles. The van der Waals surface area contributed by atoms with Crippen molar-refractivity contribution in [2.75, 3.05) is 0 Å². The molecule has 0 aliphatic heterocycles. The second-order valence-electron chi connectivity index (χ2n) is 4.76.